The molecule has 0 saturated heterocycles. The number of amides is 2. The fraction of sp³-hybridized carbons (Fsp3) is 0.0400. The minimum atomic E-state index is -0.607. The number of rotatable bonds is 6. The number of carbonyl (C=O) groups excluding carboxylic acids is 2. The predicted molar refractivity (Wildman–Crippen MR) is 125 cm³/mol. The molecule has 4 rings (SSSR count). The third-order valence-corrected chi connectivity index (χ3v) is 4.75. The van der Waals surface area contributed by atoms with Crippen molar-refractivity contribution in [3.63, 3.8) is 0 Å². The molecule has 0 aliphatic heterocycles. The molecule has 0 fully saturated rings. The highest BCUT2D eigenvalue weighted by atomic mass is 16.2. The van der Waals surface area contributed by atoms with E-state index in [2.05, 4.69) is 20.6 Å². The molecule has 1 aromatic heterocycles. The molecule has 0 radical (unpaired) electrons. The molecule has 158 valence electrons. The van der Waals surface area contributed by atoms with Gasteiger partial charge in [-0.3, -0.25) is 9.59 Å². The average molecular weight is 423 g/mol. The Balaban J connectivity index is 1.56. The van der Waals surface area contributed by atoms with E-state index >= 15 is 0 Å². The van der Waals surface area contributed by atoms with Crippen molar-refractivity contribution >= 4 is 29.0 Å². The Morgan fingerprint density at radius 3 is 2.38 bits per heavy atom. The third kappa shape index (κ3) is 4.79. The maximum absolute atomic E-state index is 12.8. The zero-order valence-electron chi connectivity index (χ0n) is 17.4. The number of aromatic nitrogens is 2. The summed E-state index contributed by atoms with van der Waals surface area (Å²) >= 11 is 0. The number of nitrogens with two attached hydrogens (primary N) is 1. The van der Waals surface area contributed by atoms with Crippen LogP contribution in [0.1, 0.15) is 26.5 Å². The van der Waals surface area contributed by atoms with Crippen molar-refractivity contribution in [2.24, 2.45) is 5.73 Å². The first kappa shape index (κ1) is 20.7. The van der Waals surface area contributed by atoms with E-state index in [1.165, 1.54) is 0 Å². The van der Waals surface area contributed by atoms with Crippen LogP contribution >= 0.6 is 0 Å². The SMILES string of the molecule is Cc1nc(Nc2cccc(C(=O)Nc3ccccc3C(N)=O)c2)cc(-c2ccccc2)n1. The number of hydrogen-bond acceptors (Lipinski definition) is 5. The largest absolute Gasteiger partial charge is 0.366 e. The summed E-state index contributed by atoms with van der Waals surface area (Å²) in [5, 5.41) is 5.98. The van der Waals surface area contributed by atoms with E-state index in [0.717, 1.165) is 11.3 Å². The average Bonchev–Trinajstić information content (AvgIpc) is 2.79. The van der Waals surface area contributed by atoms with Crippen LogP contribution in [-0.4, -0.2) is 21.8 Å². The van der Waals surface area contributed by atoms with E-state index in [4.69, 9.17) is 5.73 Å². The Kier molecular flexibility index (Phi) is 5.89. The van der Waals surface area contributed by atoms with Gasteiger partial charge in [-0.05, 0) is 37.3 Å². The van der Waals surface area contributed by atoms with Crippen molar-refractivity contribution in [3.8, 4) is 11.3 Å². The normalized spacial score (nSPS) is 10.4. The van der Waals surface area contributed by atoms with Gasteiger partial charge in [0.25, 0.3) is 11.8 Å². The van der Waals surface area contributed by atoms with Crippen LogP contribution in [-0.2, 0) is 0 Å². The van der Waals surface area contributed by atoms with Crippen LogP contribution in [0.25, 0.3) is 11.3 Å². The van der Waals surface area contributed by atoms with Gasteiger partial charge in [-0.15, -0.1) is 0 Å². The molecule has 0 saturated carbocycles. The first-order chi connectivity index (χ1) is 15.5. The zero-order chi connectivity index (χ0) is 22.5. The van der Waals surface area contributed by atoms with Crippen LogP contribution in [0, 0.1) is 6.92 Å². The van der Waals surface area contributed by atoms with Gasteiger partial charge in [0, 0.05) is 22.9 Å². The lowest BCUT2D eigenvalue weighted by molar-refractivity contribution is 0.100. The van der Waals surface area contributed by atoms with Crippen molar-refractivity contribution in [1.82, 2.24) is 9.97 Å². The summed E-state index contributed by atoms with van der Waals surface area (Å²) in [6, 6.07) is 25.3. The molecule has 0 unspecified atom stereocenters. The number of benzene rings is 3. The number of para-hydroxylation sites is 1. The molecule has 0 bridgehead atoms. The number of carbonyl (C=O) groups is 2. The Morgan fingerprint density at radius 2 is 1.59 bits per heavy atom. The summed E-state index contributed by atoms with van der Waals surface area (Å²) in [5.74, 6) is 0.287. The topological polar surface area (TPSA) is 110 Å². The van der Waals surface area contributed by atoms with Crippen molar-refractivity contribution in [2.75, 3.05) is 10.6 Å². The van der Waals surface area contributed by atoms with Gasteiger partial charge in [0.05, 0.1) is 16.9 Å². The first-order valence-electron chi connectivity index (χ1n) is 9.98. The second kappa shape index (κ2) is 9.09. The summed E-state index contributed by atoms with van der Waals surface area (Å²) < 4.78 is 0. The minimum absolute atomic E-state index is 0.250. The molecular weight excluding hydrogens is 402 g/mol. The molecule has 3 aromatic carbocycles. The van der Waals surface area contributed by atoms with Crippen LogP contribution in [0.2, 0.25) is 0 Å². The monoisotopic (exact) mass is 423 g/mol. The van der Waals surface area contributed by atoms with Crippen molar-refractivity contribution < 1.29 is 9.59 Å². The van der Waals surface area contributed by atoms with Gasteiger partial charge in [0.2, 0.25) is 0 Å². The van der Waals surface area contributed by atoms with Crippen LogP contribution < -0.4 is 16.4 Å². The van der Waals surface area contributed by atoms with Crippen LogP contribution in [0.4, 0.5) is 17.2 Å². The Hall–Kier alpha value is -4.52. The van der Waals surface area contributed by atoms with Crippen LogP contribution in [0.3, 0.4) is 0 Å². The maximum atomic E-state index is 12.8. The summed E-state index contributed by atoms with van der Waals surface area (Å²) in [4.78, 5) is 33.3. The number of primary amides is 1. The van der Waals surface area contributed by atoms with Crippen molar-refractivity contribution in [1.29, 1.82) is 0 Å². The quantitative estimate of drug-likeness (QED) is 0.421. The maximum Gasteiger partial charge on any atom is 0.255 e. The zero-order valence-corrected chi connectivity index (χ0v) is 17.4. The molecule has 0 atom stereocenters. The highest BCUT2D eigenvalue weighted by molar-refractivity contribution is 6.09. The number of aryl methyl sites for hydroxylation is 1. The molecule has 7 nitrogen and oxygen atoms in total. The molecule has 4 N–H and O–H groups in total. The summed E-state index contributed by atoms with van der Waals surface area (Å²) in [7, 11) is 0. The van der Waals surface area contributed by atoms with E-state index in [1.807, 2.05) is 49.4 Å². The first-order valence-corrected chi connectivity index (χ1v) is 9.98. The third-order valence-electron chi connectivity index (χ3n) is 4.75. The lowest BCUT2D eigenvalue weighted by Gasteiger charge is -2.11. The fourth-order valence-electron chi connectivity index (χ4n) is 3.28. The molecule has 0 aliphatic rings. The van der Waals surface area contributed by atoms with Gasteiger partial charge in [-0.1, -0.05) is 48.5 Å². The smallest absolute Gasteiger partial charge is 0.255 e. The molecular formula is C25H21N5O2. The Morgan fingerprint density at radius 1 is 0.844 bits per heavy atom. The van der Waals surface area contributed by atoms with E-state index in [-0.39, 0.29) is 11.5 Å². The van der Waals surface area contributed by atoms with Gasteiger partial charge < -0.3 is 16.4 Å². The van der Waals surface area contributed by atoms with Crippen LogP contribution in [0.15, 0.2) is 84.9 Å². The van der Waals surface area contributed by atoms with Gasteiger partial charge >= 0.3 is 0 Å². The van der Waals surface area contributed by atoms with E-state index in [9.17, 15) is 9.59 Å². The highest BCUT2D eigenvalue weighted by Gasteiger charge is 2.13. The van der Waals surface area contributed by atoms with Crippen molar-refractivity contribution in [2.45, 2.75) is 6.92 Å². The van der Waals surface area contributed by atoms with Crippen molar-refractivity contribution in [3.05, 3.63) is 102 Å². The molecule has 2 amide bonds. The number of nitrogens with zero attached hydrogens (tertiary/aromatic N) is 2. The van der Waals surface area contributed by atoms with E-state index in [1.54, 1.807) is 42.5 Å². The second-order valence-corrected chi connectivity index (χ2v) is 7.12. The molecule has 1 heterocycles. The van der Waals surface area contributed by atoms with Gasteiger partial charge in [0.15, 0.2) is 0 Å². The number of hydrogen-bond donors (Lipinski definition) is 3. The van der Waals surface area contributed by atoms with Gasteiger partial charge in [-0.25, -0.2) is 9.97 Å². The predicted octanol–water partition coefficient (Wildman–Crippen LogP) is 4.55. The Labute approximate surface area is 185 Å². The lowest BCUT2D eigenvalue weighted by atomic mass is 10.1. The molecule has 7 heteroatoms. The number of anilines is 3. The summed E-state index contributed by atoms with van der Waals surface area (Å²) in [6.07, 6.45) is 0. The highest BCUT2D eigenvalue weighted by Crippen LogP contribution is 2.23. The van der Waals surface area contributed by atoms with Crippen LogP contribution in [0.5, 0.6) is 0 Å². The Bertz CT molecular complexity index is 1290. The van der Waals surface area contributed by atoms with Gasteiger partial charge in [-0.2, -0.15) is 0 Å². The lowest BCUT2D eigenvalue weighted by Crippen LogP contribution is -2.18. The fourth-order valence-corrected chi connectivity index (χ4v) is 3.28. The molecule has 0 aliphatic carbocycles. The number of nitrogens with one attached hydrogen (secondary N) is 2. The molecule has 0 spiro atoms. The second-order valence-electron chi connectivity index (χ2n) is 7.12. The molecule has 32 heavy (non-hydrogen) atoms. The van der Waals surface area contributed by atoms with E-state index in [0.29, 0.717) is 28.6 Å². The standard InChI is InChI=1S/C25H21N5O2/c1-16-27-22(17-8-3-2-4-9-17)15-23(28-16)29-19-11-7-10-18(14-19)25(32)30-21-13-6-5-12-20(21)24(26)31/h2-15H,1H3,(H2,26,31)(H,30,32)(H,27,28,29). The van der Waals surface area contributed by atoms with E-state index < -0.39 is 5.91 Å². The van der Waals surface area contributed by atoms with Gasteiger partial charge in [0.1, 0.15) is 11.6 Å². The molecule has 4 aromatic rings. The summed E-state index contributed by atoms with van der Waals surface area (Å²) in [5.41, 5.74) is 8.91. The summed E-state index contributed by atoms with van der Waals surface area (Å²) in [6.45, 7) is 1.83. The minimum Gasteiger partial charge on any atom is -0.366 e.